The van der Waals surface area contributed by atoms with Crippen LogP contribution in [0.4, 0.5) is 0 Å². The van der Waals surface area contributed by atoms with E-state index < -0.39 is 0 Å². The average Bonchev–Trinajstić information content (AvgIpc) is 2.70. The first-order valence-corrected chi connectivity index (χ1v) is 6.63. The molecule has 2 heterocycles. The van der Waals surface area contributed by atoms with Crippen LogP contribution in [0.5, 0.6) is 0 Å². The van der Waals surface area contributed by atoms with E-state index in [0.717, 1.165) is 10.4 Å². The maximum absolute atomic E-state index is 12.2. The van der Waals surface area contributed by atoms with Gasteiger partial charge in [0.2, 0.25) is 5.91 Å². The van der Waals surface area contributed by atoms with E-state index in [1.165, 1.54) is 0 Å². The predicted octanol–water partition coefficient (Wildman–Crippen LogP) is 2.18. The quantitative estimate of drug-likeness (QED) is 0.808. The molecule has 1 aliphatic rings. The predicted molar refractivity (Wildman–Crippen MR) is 68.2 cm³/mol. The summed E-state index contributed by atoms with van der Waals surface area (Å²) in [7, 11) is 0. The first-order chi connectivity index (χ1) is 7.90. The number of likely N-dealkylation sites (tertiary alicyclic amines) is 1. The van der Waals surface area contributed by atoms with Crippen molar-refractivity contribution in [2.24, 2.45) is 0 Å². The summed E-state index contributed by atoms with van der Waals surface area (Å²) < 4.78 is 0. The molecule has 1 aromatic heterocycles. The van der Waals surface area contributed by atoms with E-state index in [1.54, 1.807) is 16.2 Å². The molecular weight excluding hydrogens is 234 g/mol. The van der Waals surface area contributed by atoms with Gasteiger partial charge in [0.25, 0.3) is 0 Å². The van der Waals surface area contributed by atoms with Gasteiger partial charge in [-0.25, -0.2) is 0 Å². The molecule has 0 spiro atoms. The molecule has 0 radical (unpaired) electrons. The monoisotopic (exact) mass is 251 g/mol. The third-order valence-corrected chi connectivity index (χ3v) is 4.30. The number of ketones is 1. The van der Waals surface area contributed by atoms with E-state index in [1.807, 2.05) is 32.2 Å². The number of aryl methyl sites for hydroxylation is 1. The molecule has 3 nitrogen and oxygen atoms in total. The van der Waals surface area contributed by atoms with Crippen LogP contribution in [0.25, 0.3) is 0 Å². The maximum Gasteiger partial charge on any atom is 0.228 e. The van der Waals surface area contributed by atoms with Crippen LogP contribution in [0.3, 0.4) is 0 Å². The normalized spacial score (nSPS) is 18.8. The summed E-state index contributed by atoms with van der Waals surface area (Å²) in [5, 5.41) is 2.00. The number of carbonyl (C=O) groups is 2. The minimum atomic E-state index is -0.320. The summed E-state index contributed by atoms with van der Waals surface area (Å²) in [6, 6.07) is 2.02. The molecule has 2 rings (SSSR count). The molecule has 4 heteroatoms. The first kappa shape index (κ1) is 12.3. The lowest BCUT2D eigenvalue weighted by atomic mass is 10.0. The van der Waals surface area contributed by atoms with Crippen molar-refractivity contribution in [1.82, 2.24) is 4.90 Å². The van der Waals surface area contributed by atoms with Gasteiger partial charge in [0.1, 0.15) is 0 Å². The van der Waals surface area contributed by atoms with Crippen molar-refractivity contribution >= 4 is 23.0 Å². The van der Waals surface area contributed by atoms with Crippen LogP contribution in [-0.2, 0) is 16.0 Å². The summed E-state index contributed by atoms with van der Waals surface area (Å²) in [4.78, 5) is 26.5. The number of rotatable bonds is 2. The molecule has 0 unspecified atom stereocenters. The molecule has 17 heavy (non-hydrogen) atoms. The van der Waals surface area contributed by atoms with Gasteiger partial charge in [0.05, 0.1) is 13.0 Å². The van der Waals surface area contributed by atoms with Gasteiger partial charge in [-0.05, 0) is 37.8 Å². The zero-order chi connectivity index (χ0) is 12.6. The van der Waals surface area contributed by atoms with E-state index in [9.17, 15) is 9.59 Å². The van der Waals surface area contributed by atoms with Crippen LogP contribution in [0, 0.1) is 6.92 Å². The summed E-state index contributed by atoms with van der Waals surface area (Å²) in [6.07, 6.45) is 0.891. The Kier molecular flexibility index (Phi) is 3.08. The number of carbonyl (C=O) groups excluding carboxylic acids is 2. The third-order valence-electron chi connectivity index (χ3n) is 3.28. The molecule has 0 bridgehead atoms. The largest absolute Gasteiger partial charge is 0.329 e. The molecule has 0 aliphatic carbocycles. The van der Waals surface area contributed by atoms with Crippen molar-refractivity contribution in [3.63, 3.8) is 0 Å². The number of nitrogens with zero attached hydrogens (tertiary/aromatic N) is 1. The van der Waals surface area contributed by atoms with Crippen molar-refractivity contribution in [2.45, 2.75) is 39.2 Å². The lowest BCUT2D eigenvalue weighted by Crippen LogP contribution is -2.43. The van der Waals surface area contributed by atoms with E-state index in [4.69, 9.17) is 0 Å². The molecule has 1 aliphatic heterocycles. The molecular formula is C13H17NO2S. The summed E-state index contributed by atoms with van der Waals surface area (Å²) in [5.41, 5.74) is 0.839. The molecule has 0 N–H and O–H groups in total. The Morgan fingerprint density at radius 1 is 1.53 bits per heavy atom. The highest BCUT2D eigenvalue weighted by Crippen LogP contribution is 2.27. The van der Waals surface area contributed by atoms with Crippen LogP contribution in [0.2, 0.25) is 0 Å². The standard InChI is InChI=1S/C13H17NO2S/c1-9-4-5-17-11(9)6-12(16)14-8-10(15)7-13(14,2)3/h4-5H,6-8H2,1-3H3. The Morgan fingerprint density at radius 2 is 2.24 bits per heavy atom. The van der Waals surface area contributed by atoms with E-state index in [0.29, 0.717) is 12.8 Å². The highest BCUT2D eigenvalue weighted by Gasteiger charge is 2.40. The van der Waals surface area contributed by atoms with E-state index >= 15 is 0 Å². The first-order valence-electron chi connectivity index (χ1n) is 5.75. The van der Waals surface area contributed by atoms with Crippen LogP contribution in [0.1, 0.15) is 30.7 Å². The molecule has 1 aromatic rings. The van der Waals surface area contributed by atoms with Crippen molar-refractivity contribution in [3.8, 4) is 0 Å². The zero-order valence-corrected chi connectivity index (χ0v) is 11.3. The average molecular weight is 251 g/mol. The van der Waals surface area contributed by atoms with Gasteiger partial charge in [-0.15, -0.1) is 11.3 Å². The van der Waals surface area contributed by atoms with Gasteiger partial charge in [-0.1, -0.05) is 0 Å². The smallest absolute Gasteiger partial charge is 0.228 e. The minimum absolute atomic E-state index is 0.0615. The number of hydrogen-bond donors (Lipinski definition) is 0. The van der Waals surface area contributed by atoms with Gasteiger partial charge >= 0.3 is 0 Å². The van der Waals surface area contributed by atoms with Crippen LogP contribution >= 0.6 is 11.3 Å². The lowest BCUT2D eigenvalue weighted by molar-refractivity contribution is -0.134. The van der Waals surface area contributed by atoms with E-state index in [2.05, 4.69) is 0 Å². The highest BCUT2D eigenvalue weighted by atomic mass is 32.1. The Bertz CT molecular complexity index is 462. The maximum atomic E-state index is 12.2. The molecule has 1 amide bonds. The molecule has 0 saturated carbocycles. The second-order valence-corrected chi connectivity index (χ2v) is 6.21. The highest BCUT2D eigenvalue weighted by molar-refractivity contribution is 7.10. The Hall–Kier alpha value is -1.16. The lowest BCUT2D eigenvalue weighted by Gasteiger charge is -2.30. The second kappa shape index (κ2) is 4.26. The van der Waals surface area contributed by atoms with E-state index in [-0.39, 0.29) is 23.8 Å². The molecule has 92 valence electrons. The number of Topliss-reactive ketones (excluding diaryl/α,β-unsaturated/α-hetero) is 1. The molecule has 1 saturated heterocycles. The summed E-state index contributed by atoms with van der Waals surface area (Å²) >= 11 is 1.61. The van der Waals surface area contributed by atoms with Crippen molar-refractivity contribution in [1.29, 1.82) is 0 Å². The Labute approximate surface area is 105 Å². The number of hydrogen-bond acceptors (Lipinski definition) is 3. The molecule has 0 atom stereocenters. The van der Waals surface area contributed by atoms with Gasteiger partial charge < -0.3 is 4.90 Å². The topological polar surface area (TPSA) is 37.4 Å². The van der Waals surface area contributed by atoms with Crippen LogP contribution in [-0.4, -0.2) is 28.7 Å². The Balaban J connectivity index is 2.11. The van der Waals surface area contributed by atoms with Crippen LogP contribution in [0.15, 0.2) is 11.4 Å². The van der Waals surface area contributed by atoms with Crippen molar-refractivity contribution in [2.75, 3.05) is 6.54 Å². The van der Waals surface area contributed by atoms with Gasteiger partial charge in [0.15, 0.2) is 5.78 Å². The fourth-order valence-electron chi connectivity index (χ4n) is 2.27. The number of amides is 1. The third kappa shape index (κ3) is 2.41. The zero-order valence-electron chi connectivity index (χ0n) is 10.4. The Morgan fingerprint density at radius 3 is 2.71 bits per heavy atom. The minimum Gasteiger partial charge on any atom is -0.329 e. The van der Waals surface area contributed by atoms with Gasteiger partial charge in [-0.3, -0.25) is 9.59 Å². The fraction of sp³-hybridized carbons (Fsp3) is 0.538. The SMILES string of the molecule is Cc1ccsc1CC(=O)N1CC(=O)CC1(C)C. The van der Waals surface area contributed by atoms with Crippen LogP contribution < -0.4 is 0 Å². The molecule has 0 aromatic carbocycles. The van der Waals surface area contributed by atoms with Gasteiger partial charge in [-0.2, -0.15) is 0 Å². The van der Waals surface area contributed by atoms with Crippen molar-refractivity contribution in [3.05, 3.63) is 21.9 Å². The van der Waals surface area contributed by atoms with Crippen molar-refractivity contribution < 1.29 is 9.59 Å². The summed E-state index contributed by atoms with van der Waals surface area (Å²) in [5.74, 6) is 0.220. The fourth-order valence-corrected chi connectivity index (χ4v) is 3.17. The summed E-state index contributed by atoms with van der Waals surface area (Å²) in [6.45, 7) is 6.20. The molecule has 1 fully saturated rings. The number of thiophene rings is 1. The van der Waals surface area contributed by atoms with Gasteiger partial charge in [0, 0.05) is 16.8 Å². The second-order valence-electron chi connectivity index (χ2n) is 5.21.